The Labute approximate surface area is 129 Å². The van der Waals surface area contributed by atoms with E-state index >= 15 is 0 Å². The van der Waals surface area contributed by atoms with Crippen molar-refractivity contribution in [2.45, 2.75) is 13.0 Å². The lowest BCUT2D eigenvalue weighted by Gasteiger charge is -2.18. The predicted molar refractivity (Wildman–Crippen MR) is 88.8 cm³/mol. The standard InChI is InChI=1S/C18H17ClN2/c1-12-3-4-14-11-15(7-10-17(14)21-12)18(20-2)13-5-8-16(19)9-6-13/h3-11,18,20H,1-2H3. The zero-order valence-corrected chi connectivity index (χ0v) is 12.9. The predicted octanol–water partition coefficient (Wildman–Crippen LogP) is 4.51. The van der Waals surface area contributed by atoms with Gasteiger partial charge in [-0.1, -0.05) is 35.9 Å². The van der Waals surface area contributed by atoms with Crippen molar-refractivity contribution in [1.82, 2.24) is 10.3 Å². The summed E-state index contributed by atoms with van der Waals surface area (Å²) in [6.07, 6.45) is 0. The molecule has 2 aromatic carbocycles. The molecule has 0 saturated heterocycles. The highest BCUT2D eigenvalue weighted by molar-refractivity contribution is 6.30. The lowest BCUT2D eigenvalue weighted by molar-refractivity contribution is 0.693. The fraction of sp³-hybridized carbons (Fsp3) is 0.167. The lowest BCUT2D eigenvalue weighted by Crippen LogP contribution is -2.17. The quantitative estimate of drug-likeness (QED) is 0.769. The van der Waals surface area contributed by atoms with Crippen LogP contribution in [0.2, 0.25) is 5.02 Å². The minimum atomic E-state index is 0.146. The molecule has 3 rings (SSSR count). The molecule has 0 spiro atoms. The highest BCUT2D eigenvalue weighted by Gasteiger charge is 2.12. The molecule has 3 aromatic rings. The number of aromatic nitrogens is 1. The number of aryl methyl sites for hydroxylation is 1. The molecule has 3 heteroatoms. The molecule has 0 amide bonds. The summed E-state index contributed by atoms with van der Waals surface area (Å²) in [5.74, 6) is 0. The van der Waals surface area contributed by atoms with Crippen LogP contribution < -0.4 is 5.32 Å². The van der Waals surface area contributed by atoms with Gasteiger partial charge in [0.25, 0.3) is 0 Å². The molecule has 1 aromatic heterocycles. The van der Waals surface area contributed by atoms with E-state index in [2.05, 4.69) is 46.7 Å². The smallest absolute Gasteiger partial charge is 0.0705 e. The summed E-state index contributed by atoms with van der Waals surface area (Å²) < 4.78 is 0. The van der Waals surface area contributed by atoms with Gasteiger partial charge in [-0.3, -0.25) is 4.98 Å². The second-order valence-corrected chi connectivity index (χ2v) is 5.61. The van der Waals surface area contributed by atoms with Crippen LogP contribution in [0.15, 0.2) is 54.6 Å². The van der Waals surface area contributed by atoms with Crippen LogP contribution in [0.5, 0.6) is 0 Å². The number of hydrogen-bond donors (Lipinski definition) is 1. The third-order valence-corrected chi connectivity index (χ3v) is 3.93. The van der Waals surface area contributed by atoms with E-state index in [1.807, 2.05) is 32.2 Å². The Kier molecular flexibility index (Phi) is 3.91. The van der Waals surface area contributed by atoms with Gasteiger partial charge < -0.3 is 5.32 Å². The van der Waals surface area contributed by atoms with Crippen molar-refractivity contribution in [3.05, 3.63) is 76.4 Å². The van der Waals surface area contributed by atoms with Gasteiger partial charge in [0, 0.05) is 16.1 Å². The molecule has 1 atom stereocenters. The fourth-order valence-corrected chi connectivity index (χ4v) is 2.73. The van der Waals surface area contributed by atoms with E-state index in [0.717, 1.165) is 21.6 Å². The van der Waals surface area contributed by atoms with Crippen molar-refractivity contribution >= 4 is 22.5 Å². The number of rotatable bonds is 3. The van der Waals surface area contributed by atoms with Gasteiger partial charge >= 0.3 is 0 Å². The highest BCUT2D eigenvalue weighted by Crippen LogP contribution is 2.26. The number of benzene rings is 2. The van der Waals surface area contributed by atoms with E-state index in [1.165, 1.54) is 11.1 Å². The molecule has 1 unspecified atom stereocenters. The maximum Gasteiger partial charge on any atom is 0.0705 e. The zero-order valence-electron chi connectivity index (χ0n) is 12.1. The van der Waals surface area contributed by atoms with E-state index in [4.69, 9.17) is 11.6 Å². The topological polar surface area (TPSA) is 24.9 Å². The van der Waals surface area contributed by atoms with Crippen LogP contribution in [0.4, 0.5) is 0 Å². The molecule has 2 nitrogen and oxygen atoms in total. The Morgan fingerprint density at radius 3 is 2.38 bits per heavy atom. The molecule has 1 heterocycles. The van der Waals surface area contributed by atoms with Crippen LogP contribution in [-0.2, 0) is 0 Å². The molecule has 0 radical (unpaired) electrons. The summed E-state index contributed by atoms with van der Waals surface area (Å²) in [5, 5.41) is 5.28. The van der Waals surface area contributed by atoms with Crippen molar-refractivity contribution in [2.75, 3.05) is 7.05 Å². The molecule has 0 aliphatic rings. The fourth-order valence-electron chi connectivity index (χ4n) is 2.61. The number of pyridine rings is 1. The van der Waals surface area contributed by atoms with Gasteiger partial charge in [-0.2, -0.15) is 0 Å². The first-order chi connectivity index (χ1) is 10.2. The summed E-state index contributed by atoms with van der Waals surface area (Å²) in [7, 11) is 1.97. The number of halogens is 1. The van der Waals surface area contributed by atoms with Gasteiger partial charge in [-0.15, -0.1) is 0 Å². The van der Waals surface area contributed by atoms with Gasteiger partial charge in [0.2, 0.25) is 0 Å². The molecule has 0 aliphatic heterocycles. The van der Waals surface area contributed by atoms with Crippen molar-refractivity contribution in [2.24, 2.45) is 0 Å². The minimum Gasteiger partial charge on any atom is -0.309 e. The third-order valence-electron chi connectivity index (χ3n) is 3.68. The molecule has 0 saturated carbocycles. The molecule has 0 bridgehead atoms. The van der Waals surface area contributed by atoms with Gasteiger partial charge in [-0.25, -0.2) is 0 Å². The van der Waals surface area contributed by atoms with E-state index in [9.17, 15) is 0 Å². The number of nitrogens with one attached hydrogen (secondary N) is 1. The second kappa shape index (κ2) is 5.84. The molecule has 106 valence electrons. The van der Waals surface area contributed by atoms with Crippen LogP contribution in [0.3, 0.4) is 0 Å². The average molecular weight is 297 g/mol. The van der Waals surface area contributed by atoms with E-state index in [0.29, 0.717) is 0 Å². The Morgan fingerprint density at radius 1 is 0.952 bits per heavy atom. The van der Waals surface area contributed by atoms with Crippen molar-refractivity contribution < 1.29 is 0 Å². The van der Waals surface area contributed by atoms with Crippen molar-refractivity contribution in [3.8, 4) is 0 Å². The molecule has 0 fully saturated rings. The number of nitrogens with zero attached hydrogens (tertiary/aromatic N) is 1. The Hall–Kier alpha value is -1.90. The minimum absolute atomic E-state index is 0.146. The molecule has 0 aliphatic carbocycles. The van der Waals surface area contributed by atoms with Gasteiger partial charge in [-0.05, 0) is 55.4 Å². The molecule has 21 heavy (non-hydrogen) atoms. The van der Waals surface area contributed by atoms with Crippen molar-refractivity contribution in [3.63, 3.8) is 0 Å². The van der Waals surface area contributed by atoms with Crippen LogP contribution in [0, 0.1) is 6.92 Å². The Morgan fingerprint density at radius 2 is 1.67 bits per heavy atom. The van der Waals surface area contributed by atoms with E-state index in [-0.39, 0.29) is 6.04 Å². The summed E-state index contributed by atoms with van der Waals surface area (Å²) in [5.41, 5.74) is 4.49. The summed E-state index contributed by atoms with van der Waals surface area (Å²) in [6.45, 7) is 2.01. The van der Waals surface area contributed by atoms with Gasteiger partial charge in [0.1, 0.15) is 0 Å². The van der Waals surface area contributed by atoms with Crippen LogP contribution in [0.25, 0.3) is 10.9 Å². The lowest BCUT2D eigenvalue weighted by atomic mass is 9.97. The van der Waals surface area contributed by atoms with Crippen molar-refractivity contribution in [1.29, 1.82) is 0 Å². The van der Waals surface area contributed by atoms with E-state index < -0.39 is 0 Å². The summed E-state index contributed by atoms with van der Waals surface area (Å²) in [6, 6.07) is 18.7. The molecular formula is C18H17ClN2. The zero-order chi connectivity index (χ0) is 14.8. The highest BCUT2D eigenvalue weighted by atomic mass is 35.5. The Balaban J connectivity index is 2.04. The largest absolute Gasteiger partial charge is 0.309 e. The second-order valence-electron chi connectivity index (χ2n) is 5.18. The maximum atomic E-state index is 5.97. The monoisotopic (exact) mass is 296 g/mol. The number of hydrogen-bond acceptors (Lipinski definition) is 2. The van der Waals surface area contributed by atoms with Crippen LogP contribution in [0.1, 0.15) is 22.9 Å². The number of fused-ring (bicyclic) bond motifs is 1. The average Bonchev–Trinajstić information content (AvgIpc) is 2.50. The van der Waals surface area contributed by atoms with Gasteiger partial charge in [0.05, 0.1) is 11.6 Å². The van der Waals surface area contributed by atoms with Gasteiger partial charge in [0.15, 0.2) is 0 Å². The first-order valence-corrected chi connectivity index (χ1v) is 7.35. The molecule has 1 N–H and O–H groups in total. The summed E-state index contributed by atoms with van der Waals surface area (Å²) >= 11 is 5.97. The van der Waals surface area contributed by atoms with E-state index in [1.54, 1.807) is 0 Å². The summed E-state index contributed by atoms with van der Waals surface area (Å²) in [4.78, 5) is 4.55. The Bertz CT molecular complexity index is 766. The third kappa shape index (κ3) is 2.92. The normalized spacial score (nSPS) is 12.5. The van der Waals surface area contributed by atoms with Crippen LogP contribution in [-0.4, -0.2) is 12.0 Å². The van der Waals surface area contributed by atoms with Crippen LogP contribution >= 0.6 is 11.6 Å². The SMILES string of the molecule is CNC(c1ccc(Cl)cc1)c1ccc2nc(C)ccc2c1. The first kappa shape index (κ1) is 14.1. The molecular weight excluding hydrogens is 280 g/mol. The first-order valence-electron chi connectivity index (χ1n) is 6.97. The maximum absolute atomic E-state index is 5.97.